The first kappa shape index (κ1) is 11.5. The first-order valence-electron chi connectivity index (χ1n) is 3.99. The van der Waals surface area contributed by atoms with E-state index in [0.29, 0.717) is 0 Å². The molecule has 5 nitrogen and oxygen atoms in total. The number of aromatic nitrogens is 1. The van der Waals surface area contributed by atoms with Crippen molar-refractivity contribution in [2.24, 2.45) is 0 Å². The maximum absolute atomic E-state index is 10.7. The zero-order chi connectivity index (χ0) is 11.7. The zero-order valence-electron chi connectivity index (χ0n) is 8.04. The van der Waals surface area contributed by atoms with Crippen LogP contribution in [0, 0.1) is 13.8 Å². The molecule has 0 unspecified atom stereocenters. The molecule has 0 atom stereocenters. The van der Waals surface area contributed by atoms with Crippen LogP contribution in [0.25, 0.3) is 0 Å². The Labute approximate surface area is 90.3 Å². The fraction of sp³-hybridized carbons (Fsp3) is 0.222. The molecule has 0 fully saturated rings. The van der Waals surface area contributed by atoms with E-state index in [2.05, 4.69) is 4.98 Å². The van der Waals surface area contributed by atoms with Gasteiger partial charge in [0.25, 0.3) is 0 Å². The van der Waals surface area contributed by atoms with Crippen LogP contribution < -0.4 is 0 Å². The molecule has 0 saturated carbocycles. The summed E-state index contributed by atoms with van der Waals surface area (Å²) in [5.41, 5.74) is -0.121. The standard InChI is InChI=1S/C9H8ClNO4/c1-3-5(10)4(2)7(9(14)15)11-6(3)8(12)13/h1-2H3,(H,12,13)(H,14,15). The van der Waals surface area contributed by atoms with Gasteiger partial charge in [-0.3, -0.25) is 0 Å². The minimum atomic E-state index is -1.29. The van der Waals surface area contributed by atoms with E-state index in [0.717, 1.165) is 0 Å². The summed E-state index contributed by atoms with van der Waals surface area (Å²) in [5, 5.41) is 17.7. The number of hydrogen-bond acceptors (Lipinski definition) is 3. The summed E-state index contributed by atoms with van der Waals surface area (Å²) in [5.74, 6) is -2.59. The second-order valence-electron chi connectivity index (χ2n) is 2.98. The molecule has 1 aromatic heterocycles. The van der Waals surface area contributed by atoms with Crippen molar-refractivity contribution < 1.29 is 19.8 Å². The van der Waals surface area contributed by atoms with Crippen LogP contribution >= 0.6 is 11.6 Å². The molecule has 0 saturated heterocycles. The largest absolute Gasteiger partial charge is 0.477 e. The highest BCUT2D eigenvalue weighted by atomic mass is 35.5. The van der Waals surface area contributed by atoms with Crippen molar-refractivity contribution in [2.75, 3.05) is 0 Å². The molecule has 0 aliphatic heterocycles. The molecule has 0 spiro atoms. The van der Waals surface area contributed by atoms with Gasteiger partial charge in [0.1, 0.15) is 0 Å². The average molecular weight is 230 g/mol. The van der Waals surface area contributed by atoms with Gasteiger partial charge in [0, 0.05) is 11.1 Å². The molecule has 1 rings (SSSR count). The number of hydrogen-bond donors (Lipinski definition) is 2. The Balaban J connectivity index is 3.59. The third kappa shape index (κ3) is 1.92. The predicted octanol–water partition coefficient (Wildman–Crippen LogP) is 1.75. The minimum absolute atomic E-state index is 0.125. The number of carboxylic acids is 2. The Kier molecular flexibility index (Phi) is 2.95. The quantitative estimate of drug-likeness (QED) is 0.807. The van der Waals surface area contributed by atoms with E-state index in [9.17, 15) is 9.59 Å². The molecule has 1 heterocycles. The predicted molar refractivity (Wildman–Crippen MR) is 52.6 cm³/mol. The second-order valence-corrected chi connectivity index (χ2v) is 3.36. The summed E-state index contributed by atoms with van der Waals surface area (Å²) in [7, 11) is 0. The first-order valence-corrected chi connectivity index (χ1v) is 4.37. The van der Waals surface area contributed by atoms with Crippen LogP contribution in [0.4, 0.5) is 0 Å². The first-order chi connectivity index (χ1) is 6.86. The summed E-state index contributed by atoms with van der Waals surface area (Å²) in [6.07, 6.45) is 0. The lowest BCUT2D eigenvalue weighted by Gasteiger charge is -2.08. The molecule has 0 amide bonds. The Morgan fingerprint density at radius 3 is 1.67 bits per heavy atom. The summed E-state index contributed by atoms with van der Waals surface area (Å²) in [6.45, 7) is 2.97. The van der Waals surface area contributed by atoms with Crippen molar-refractivity contribution in [3.8, 4) is 0 Å². The van der Waals surface area contributed by atoms with Gasteiger partial charge in [0.2, 0.25) is 0 Å². The van der Waals surface area contributed by atoms with Gasteiger partial charge in [0.15, 0.2) is 11.4 Å². The van der Waals surface area contributed by atoms with Gasteiger partial charge < -0.3 is 10.2 Å². The van der Waals surface area contributed by atoms with Crippen molar-refractivity contribution in [1.82, 2.24) is 4.98 Å². The molecule has 2 N–H and O–H groups in total. The van der Waals surface area contributed by atoms with Crippen molar-refractivity contribution in [1.29, 1.82) is 0 Å². The lowest BCUT2D eigenvalue weighted by molar-refractivity contribution is 0.0684. The van der Waals surface area contributed by atoms with Crippen molar-refractivity contribution in [3.63, 3.8) is 0 Å². The number of pyridine rings is 1. The molecule has 0 aromatic carbocycles. The van der Waals surface area contributed by atoms with E-state index >= 15 is 0 Å². The molecule has 0 radical (unpaired) electrons. The van der Waals surface area contributed by atoms with Gasteiger partial charge in [-0.15, -0.1) is 0 Å². The molecule has 0 aliphatic carbocycles. The number of nitrogens with zero attached hydrogens (tertiary/aromatic N) is 1. The van der Waals surface area contributed by atoms with Gasteiger partial charge in [-0.1, -0.05) is 11.6 Å². The average Bonchev–Trinajstić information content (AvgIpc) is 2.13. The van der Waals surface area contributed by atoms with E-state index < -0.39 is 11.9 Å². The Hall–Kier alpha value is -1.62. The molecule has 6 heteroatoms. The Morgan fingerprint density at radius 1 is 1.07 bits per heavy atom. The minimum Gasteiger partial charge on any atom is -0.477 e. The summed E-state index contributed by atoms with van der Waals surface area (Å²) in [6, 6.07) is 0. The van der Waals surface area contributed by atoms with E-state index in [1.807, 2.05) is 0 Å². The van der Waals surface area contributed by atoms with Crippen LogP contribution in [0.5, 0.6) is 0 Å². The van der Waals surface area contributed by atoms with Crippen LogP contribution in [0.1, 0.15) is 32.1 Å². The maximum Gasteiger partial charge on any atom is 0.354 e. The normalized spacial score (nSPS) is 10.1. The number of carboxylic acid groups (broad SMARTS) is 2. The fourth-order valence-corrected chi connectivity index (χ4v) is 1.36. The molecule has 1 aromatic rings. The molecule has 80 valence electrons. The topological polar surface area (TPSA) is 87.5 Å². The van der Waals surface area contributed by atoms with E-state index in [-0.39, 0.29) is 27.5 Å². The maximum atomic E-state index is 10.7. The number of carbonyl (C=O) groups is 2. The summed E-state index contributed by atoms with van der Waals surface area (Å²) < 4.78 is 0. The van der Waals surface area contributed by atoms with Crippen LogP contribution in [0.2, 0.25) is 5.02 Å². The molecule has 15 heavy (non-hydrogen) atoms. The fourth-order valence-electron chi connectivity index (χ4n) is 1.19. The smallest absolute Gasteiger partial charge is 0.354 e. The number of halogens is 1. The van der Waals surface area contributed by atoms with Gasteiger partial charge in [-0.05, 0) is 13.8 Å². The van der Waals surface area contributed by atoms with E-state index in [1.54, 1.807) is 0 Å². The second kappa shape index (κ2) is 3.86. The summed E-state index contributed by atoms with van der Waals surface area (Å²) >= 11 is 5.81. The van der Waals surface area contributed by atoms with Crippen LogP contribution in [0.3, 0.4) is 0 Å². The molecular formula is C9H8ClNO4. The van der Waals surface area contributed by atoms with Crippen LogP contribution in [0.15, 0.2) is 0 Å². The van der Waals surface area contributed by atoms with E-state index in [4.69, 9.17) is 21.8 Å². The SMILES string of the molecule is Cc1c(C(=O)O)nc(C(=O)O)c(C)c1Cl. The lowest BCUT2D eigenvalue weighted by Crippen LogP contribution is -2.12. The molecule has 0 bridgehead atoms. The number of aromatic carboxylic acids is 2. The van der Waals surface area contributed by atoms with Gasteiger partial charge in [-0.25, -0.2) is 14.6 Å². The van der Waals surface area contributed by atoms with Gasteiger partial charge >= 0.3 is 11.9 Å². The molecular weight excluding hydrogens is 222 g/mol. The third-order valence-electron chi connectivity index (χ3n) is 2.00. The monoisotopic (exact) mass is 229 g/mol. The van der Waals surface area contributed by atoms with Crippen molar-refractivity contribution in [3.05, 3.63) is 27.5 Å². The van der Waals surface area contributed by atoms with Crippen molar-refractivity contribution in [2.45, 2.75) is 13.8 Å². The van der Waals surface area contributed by atoms with Crippen molar-refractivity contribution >= 4 is 23.5 Å². The summed E-state index contributed by atoms with van der Waals surface area (Å²) in [4.78, 5) is 25.0. The Morgan fingerprint density at radius 2 is 1.40 bits per heavy atom. The highest BCUT2D eigenvalue weighted by Crippen LogP contribution is 2.24. The molecule has 0 aliphatic rings. The lowest BCUT2D eigenvalue weighted by atomic mass is 10.1. The number of rotatable bonds is 2. The van der Waals surface area contributed by atoms with Gasteiger partial charge in [-0.2, -0.15) is 0 Å². The van der Waals surface area contributed by atoms with Gasteiger partial charge in [0.05, 0.1) is 5.02 Å². The third-order valence-corrected chi connectivity index (χ3v) is 2.56. The Bertz CT molecular complexity index is 418. The zero-order valence-corrected chi connectivity index (χ0v) is 8.79. The highest BCUT2D eigenvalue weighted by Gasteiger charge is 2.20. The highest BCUT2D eigenvalue weighted by molar-refractivity contribution is 6.32. The van der Waals surface area contributed by atoms with E-state index in [1.165, 1.54) is 13.8 Å². The van der Waals surface area contributed by atoms with Crippen LogP contribution in [-0.4, -0.2) is 27.1 Å². The van der Waals surface area contributed by atoms with Crippen LogP contribution in [-0.2, 0) is 0 Å².